The van der Waals surface area contributed by atoms with E-state index in [1.54, 1.807) is 17.0 Å². The van der Waals surface area contributed by atoms with E-state index in [-0.39, 0.29) is 19.1 Å². The molecule has 0 saturated carbocycles. The predicted octanol–water partition coefficient (Wildman–Crippen LogP) is 2.29. The second-order valence-corrected chi connectivity index (χ2v) is 9.17. The van der Waals surface area contributed by atoms with Crippen molar-refractivity contribution in [3.8, 4) is 5.75 Å². The molecule has 2 rings (SSSR count). The normalized spacial score (nSPS) is 14.9. The summed E-state index contributed by atoms with van der Waals surface area (Å²) in [6.07, 6.45) is 1.53. The highest BCUT2D eigenvalue weighted by atomic mass is 31.2. The zero-order valence-electron chi connectivity index (χ0n) is 16.5. The third-order valence-corrected chi connectivity index (χ3v) is 7.08. The molecule has 0 bridgehead atoms. The number of amides is 1. The van der Waals surface area contributed by atoms with Crippen LogP contribution in [-0.2, 0) is 11.0 Å². The monoisotopic (exact) mass is 412 g/mol. The number of halogens is 1. The molecule has 1 aromatic carbocycles. The standard InChI is InChI=1S/C19H30FN4O3P/c1-3-22-28(26,23-4-2)10-9-24-8-7-16-11-17(5-6-18(16)19(24)25)27-14-15(12-20)13-21/h5-6,11-12H,3-4,7-10,13-14,21H2,1-2H3,(H2,22,23,26)/b15-12-. The molecule has 0 saturated heterocycles. The number of carbonyl (C=O) groups is 1. The average molecular weight is 412 g/mol. The zero-order valence-corrected chi connectivity index (χ0v) is 17.4. The quantitative estimate of drug-likeness (QED) is 0.483. The van der Waals surface area contributed by atoms with E-state index in [0.29, 0.717) is 62.0 Å². The van der Waals surface area contributed by atoms with Gasteiger partial charge in [0.15, 0.2) is 0 Å². The Labute approximate surface area is 166 Å². The highest BCUT2D eigenvalue weighted by Gasteiger charge is 2.27. The molecule has 0 spiro atoms. The largest absolute Gasteiger partial charge is 0.489 e. The Balaban J connectivity index is 2.01. The van der Waals surface area contributed by atoms with Crippen LogP contribution < -0.4 is 20.6 Å². The Bertz CT molecular complexity index is 747. The van der Waals surface area contributed by atoms with Crippen LogP contribution in [0.25, 0.3) is 0 Å². The lowest BCUT2D eigenvalue weighted by Crippen LogP contribution is -2.40. The van der Waals surface area contributed by atoms with Crippen LogP contribution in [0.3, 0.4) is 0 Å². The summed E-state index contributed by atoms with van der Waals surface area (Å²) in [6.45, 7) is 6.19. The molecule has 0 aliphatic carbocycles. The highest BCUT2D eigenvalue weighted by molar-refractivity contribution is 7.59. The number of fused-ring (bicyclic) bond motifs is 1. The lowest BCUT2D eigenvalue weighted by molar-refractivity contribution is 0.0750. The topological polar surface area (TPSA) is 96.7 Å². The maximum absolute atomic E-state index is 12.8. The fraction of sp³-hybridized carbons (Fsp3) is 0.526. The van der Waals surface area contributed by atoms with Gasteiger partial charge in [0, 0.05) is 36.9 Å². The van der Waals surface area contributed by atoms with Gasteiger partial charge in [-0.25, -0.2) is 4.39 Å². The number of hydrogen-bond donors (Lipinski definition) is 3. The molecule has 1 aromatic rings. The maximum Gasteiger partial charge on any atom is 0.254 e. The number of nitrogens with zero attached hydrogens (tertiary/aromatic N) is 1. The van der Waals surface area contributed by atoms with Gasteiger partial charge in [0.1, 0.15) is 12.4 Å². The van der Waals surface area contributed by atoms with E-state index in [1.807, 2.05) is 19.9 Å². The summed E-state index contributed by atoms with van der Waals surface area (Å²) in [5.74, 6) is 0.509. The van der Waals surface area contributed by atoms with Gasteiger partial charge >= 0.3 is 0 Å². The Hall–Kier alpha value is -1.73. The zero-order chi connectivity index (χ0) is 20.6. The Morgan fingerprint density at radius 2 is 2.07 bits per heavy atom. The van der Waals surface area contributed by atoms with Crippen LogP contribution in [0.4, 0.5) is 4.39 Å². The van der Waals surface area contributed by atoms with Gasteiger partial charge in [-0.3, -0.25) is 19.5 Å². The molecule has 9 heteroatoms. The molecule has 0 aromatic heterocycles. The summed E-state index contributed by atoms with van der Waals surface area (Å²) >= 11 is 0. The summed E-state index contributed by atoms with van der Waals surface area (Å²) in [6, 6.07) is 5.25. The first-order chi connectivity index (χ1) is 13.5. The second kappa shape index (κ2) is 10.7. The van der Waals surface area contributed by atoms with Gasteiger partial charge in [-0.05, 0) is 43.3 Å². The van der Waals surface area contributed by atoms with Crippen LogP contribution in [-0.4, -0.2) is 56.3 Å². The summed E-state index contributed by atoms with van der Waals surface area (Å²) < 4.78 is 31.0. The van der Waals surface area contributed by atoms with Crippen molar-refractivity contribution in [2.24, 2.45) is 5.73 Å². The number of nitrogens with one attached hydrogen (secondary N) is 2. The number of rotatable bonds is 11. The SMILES string of the molecule is CCNP(=O)(CCN1CCc2cc(OC/C(=C\F)CN)ccc2C1=O)NCC. The first kappa shape index (κ1) is 22.6. The minimum Gasteiger partial charge on any atom is -0.489 e. The van der Waals surface area contributed by atoms with Gasteiger partial charge in [-0.15, -0.1) is 0 Å². The average Bonchev–Trinajstić information content (AvgIpc) is 2.68. The molecule has 0 unspecified atom stereocenters. The number of carbonyl (C=O) groups excluding carboxylic acids is 1. The number of hydrogen-bond acceptors (Lipinski definition) is 4. The molecule has 0 fully saturated rings. The first-order valence-corrected chi connectivity index (χ1v) is 11.5. The van der Waals surface area contributed by atoms with Crippen molar-refractivity contribution >= 4 is 13.4 Å². The lowest BCUT2D eigenvalue weighted by Gasteiger charge is -2.30. The molecule has 7 nitrogen and oxygen atoms in total. The molecule has 1 aliphatic heterocycles. The van der Waals surface area contributed by atoms with Crippen molar-refractivity contribution in [2.45, 2.75) is 20.3 Å². The van der Waals surface area contributed by atoms with Crippen LogP contribution in [0.5, 0.6) is 5.75 Å². The molecule has 0 atom stereocenters. The van der Waals surface area contributed by atoms with Crippen molar-refractivity contribution in [3.05, 3.63) is 41.2 Å². The molecule has 0 radical (unpaired) electrons. The van der Waals surface area contributed by atoms with Gasteiger partial charge in [-0.1, -0.05) is 13.8 Å². The summed E-state index contributed by atoms with van der Waals surface area (Å²) in [7, 11) is -2.69. The Morgan fingerprint density at radius 3 is 2.68 bits per heavy atom. The van der Waals surface area contributed by atoms with E-state index in [2.05, 4.69) is 10.2 Å². The Kier molecular flexibility index (Phi) is 8.63. The van der Waals surface area contributed by atoms with Crippen molar-refractivity contribution < 1.29 is 18.5 Å². The van der Waals surface area contributed by atoms with Gasteiger partial charge in [0.25, 0.3) is 5.91 Å². The lowest BCUT2D eigenvalue weighted by atomic mass is 9.99. The smallest absolute Gasteiger partial charge is 0.254 e. The van der Waals surface area contributed by atoms with Crippen molar-refractivity contribution in [1.82, 2.24) is 15.1 Å². The minimum absolute atomic E-state index is 0.0707. The summed E-state index contributed by atoms with van der Waals surface area (Å²) in [5, 5.41) is 6.05. The molecular weight excluding hydrogens is 382 g/mol. The Morgan fingerprint density at radius 1 is 1.36 bits per heavy atom. The molecule has 1 aliphatic rings. The summed E-state index contributed by atoms with van der Waals surface area (Å²) in [4.78, 5) is 14.5. The van der Waals surface area contributed by atoms with E-state index in [0.717, 1.165) is 5.56 Å². The first-order valence-electron chi connectivity index (χ1n) is 9.58. The number of ether oxygens (including phenoxy) is 1. The van der Waals surface area contributed by atoms with Crippen LogP contribution in [0.1, 0.15) is 29.8 Å². The van der Waals surface area contributed by atoms with Crippen LogP contribution in [0.2, 0.25) is 0 Å². The fourth-order valence-electron chi connectivity index (χ4n) is 3.11. The van der Waals surface area contributed by atoms with E-state index < -0.39 is 7.44 Å². The van der Waals surface area contributed by atoms with Crippen LogP contribution in [0, 0.1) is 0 Å². The van der Waals surface area contributed by atoms with E-state index >= 15 is 0 Å². The van der Waals surface area contributed by atoms with Gasteiger partial charge < -0.3 is 15.4 Å². The third kappa shape index (κ3) is 5.88. The minimum atomic E-state index is -2.69. The number of benzene rings is 1. The number of nitrogens with two attached hydrogens (primary N) is 1. The highest BCUT2D eigenvalue weighted by Crippen LogP contribution is 2.35. The second-order valence-electron chi connectivity index (χ2n) is 6.61. The maximum atomic E-state index is 12.8. The predicted molar refractivity (Wildman–Crippen MR) is 110 cm³/mol. The van der Waals surface area contributed by atoms with Gasteiger partial charge in [0.2, 0.25) is 7.44 Å². The molecular formula is C19H30FN4O3P. The van der Waals surface area contributed by atoms with Crippen LogP contribution in [0.15, 0.2) is 30.1 Å². The van der Waals surface area contributed by atoms with Crippen molar-refractivity contribution in [2.75, 3.05) is 45.5 Å². The molecule has 156 valence electrons. The molecule has 1 amide bonds. The van der Waals surface area contributed by atoms with Crippen molar-refractivity contribution in [1.29, 1.82) is 0 Å². The van der Waals surface area contributed by atoms with Gasteiger partial charge in [0.05, 0.1) is 6.33 Å². The van der Waals surface area contributed by atoms with Crippen LogP contribution >= 0.6 is 7.44 Å². The van der Waals surface area contributed by atoms with E-state index in [1.165, 1.54) is 0 Å². The molecule has 4 N–H and O–H groups in total. The summed E-state index contributed by atoms with van der Waals surface area (Å²) in [5.41, 5.74) is 7.31. The van der Waals surface area contributed by atoms with Crippen molar-refractivity contribution in [3.63, 3.8) is 0 Å². The van der Waals surface area contributed by atoms with E-state index in [4.69, 9.17) is 10.5 Å². The fourth-order valence-corrected chi connectivity index (χ4v) is 5.09. The molecule has 1 heterocycles. The third-order valence-electron chi connectivity index (χ3n) is 4.60. The van der Waals surface area contributed by atoms with E-state index in [9.17, 15) is 13.8 Å². The van der Waals surface area contributed by atoms with Gasteiger partial charge in [-0.2, -0.15) is 0 Å². The molecule has 28 heavy (non-hydrogen) atoms.